The van der Waals surface area contributed by atoms with Crippen LogP contribution < -0.4 is 11.5 Å². The van der Waals surface area contributed by atoms with Crippen molar-refractivity contribution in [2.24, 2.45) is 11.5 Å². The van der Waals surface area contributed by atoms with E-state index in [0.29, 0.717) is 6.61 Å². The smallest absolute Gasteiger partial charge is 0.404 e. The molecule has 1 amide bonds. The van der Waals surface area contributed by atoms with Crippen molar-refractivity contribution in [3.63, 3.8) is 0 Å². The number of aliphatic carboxylic acids is 1. The minimum Gasteiger partial charge on any atom is -0.480 e. The molecule has 1 unspecified atom stereocenters. The van der Waals surface area contributed by atoms with E-state index in [1.54, 1.807) is 6.92 Å². The molecule has 5 N–H and O–H groups in total. The maximum atomic E-state index is 9.76. The molecular weight excluding hydrogens is 196 g/mol. The van der Waals surface area contributed by atoms with Gasteiger partial charge in [0.05, 0.1) is 6.61 Å². The zero-order valence-corrected chi connectivity index (χ0v) is 8.16. The van der Waals surface area contributed by atoms with Crippen LogP contribution in [0.5, 0.6) is 0 Å². The van der Waals surface area contributed by atoms with Crippen LogP contribution in [-0.4, -0.2) is 35.6 Å². The van der Waals surface area contributed by atoms with E-state index in [1.807, 2.05) is 0 Å². The van der Waals surface area contributed by atoms with Crippen molar-refractivity contribution in [2.75, 3.05) is 12.4 Å². The Morgan fingerprint density at radius 3 is 2.08 bits per heavy atom. The Morgan fingerprint density at radius 2 is 2.08 bits per heavy atom. The first-order valence-electron chi connectivity index (χ1n) is 3.47. The van der Waals surface area contributed by atoms with Gasteiger partial charge in [-0.2, -0.15) is 12.6 Å². The van der Waals surface area contributed by atoms with Gasteiger partial charge in [-0.3, -0.25) is 4.79 Å². The van der Waals surface area contributed by atoms with E-state index in [9.17, 15) is 9.59 Å². The summed E-state index contributed by atoms with van der Waals surface area (Å²) in [6.45, 7) is 2.06. The fraction of sp³-hybridized carbons (Fsp3) is 0.667. The topological polar surface area (TPSA) is 116 Å². The van der Waals surface area contributed by atoms with Gasteiger partial charge in [0.2, 0.25) is 0 Å². The normalized spacial score (nSPS) is 10.7. The Balaban J connectivity index is 0. The highest BCUT2D eigenvalue weighted by Gasteiger charge is 2.06. The highest BCUT2D eigenvalue weighted by atomic mass is 32.1. The first kappa shape index (κ1) is 14.6. The van der Waals surface area contributed by atoms with E-state index in [2.05, 4.69) is 23.1 Å². The second kappa shape index (κ2) is 9.14. The van der Waals surface area contributed by atoms with Crippen molar-refractivity contribution in [3.8, 4) is 0 Å². The van der Waals surface area contributed by atoms with E-state index >= 15 is 0 Å². The molecule has 0 radical (unpaired) electrons. The minimum absolute atomic E-state index is 0.190. The molecule has 0 aliphatic rings. The van der Waals surface area contributed by atoms with Crippen LogP contribution in [0.25, 0.3) is 0 Å². The lowest BCUT2D eigenvalue weighted by Gasteiger charge is -1.96. The van der Waals surface area contributed by atoms with Crippen molar-refractivity contribution >= 4 is 24.7 Å². The van der Waals surface area contributed by atoms with Crippen LogP contribution in [0.1, 0.15) is 6.92 Å². The summed E-state index contributed by atoms with van der Waals surface area (Å²) in [5, 5.41) is 8.01. The highest BCUT2D eigenvalue weighted by Crippen LogP contribution is 1.80. The fourth-order valence-corrected chi connectivity index (χ4v) is 0.377. The molecule has 0 aromatic rings. The number of carbonyl (C=O) groups is 2. The van der Waals surface area contributed by atoms with Crippen LogP contribution in [0.4, 0.5) is 4.79 Å². The second-order valence-corrected chi connectivity index (χ2v) is 2.24. The molecule has 0 spiro atoms. The van der Waals surface area contributed by atoms with Gasteiger partial charge < -0.3 is 21.3 Å². The number of carboxylic acids is 1. The Hall–Kier alpha value is -0.950. The number of nitrogens with two attached hydrogens (primary N) is 2. The summed E-state index contributed by atoms with van der Waals surface area (Å²) in [6, 6.07) is -0.816. The van der Waals surface area contributed by atoms with Gasteiger partial charge in [-0.15, -0.1) is 0 Å². The lowest BCUT2D eigenvalue weighted by Crippen LogP contribution is -2.31. The zero-order chi connectivity index (χ0) is 10.9. The van der Waals surface area contributed by atoms with Gasteiger partial charge in [-0.1, -0.05) is 0 Å². The average molecular weight is 210 g/mol. The lowest BCUT2D eigenvalue weighted by atomic mass is 10.4. The molecule has 0 rings (SSSR count). The minimum atomic E-state index is -1.00. The first-order valence-corrected chi connectivity index (χ1v) is 4.10. The van der Waals surface area contributed by atoms with Crippen LogP contribution in [0, 0.1) is 0 Å². The monoisotopic (exact) mass is 210 g/mol. The average Bonchev–Trinajstić information content (AvgIpc) is 2.03. The molecule has 6 nitrogen and oxygen atoms in total. The number of hydrogen-bond donors (Lipinski definition) is 4. The van der Waals surface area contributed by atoms with Crippen molar-refractivity contribution < 1.29 is 19.4 Å². The van der Waals surface area contributed by atoms with Gasteiger partial charge in [0.25, 0.3) is 0 Å². The molecule has 0 aromatic carbocycles. The molecule has 1 atom stereocenters. The maximum absolute atomic E-state index is 9.76. The summed E-state index contributed by atoms with van der Waals surface area (Å²) in [7, 11) is 0. The van der Waals surface area contributed by atoms with Crippen LogP contribution in [-0.2, 0) is 9.53 Å². The summed E-state index contributed by atoms with van der Waals surface area (Å²) >= 11 is 3.65. The van der Waals surface area contributed by atoms with Crippen LogP contribution >= 0.6 is 12.6 Å². The van der Waals surface area contributed by atoms with Gasteiger partial charge in [0.15, 0.2) is 0 Å². The number of amides is 1. The van der Waals surface area contributed by atoms with Gasteiger partial charge in [0.1, 0.15) is 6.04 Å². The van der Waals surface area contributed by atoms with Crippen LogP contribution in [0.2, 0.25) is 0 Å². The van der Waals surface area contributed by atoms with Crippen LogP contribution in [0.15, 0.2) is 0 Å². The number of thiol groups is 1. The first-order chi connectivity index (χ1) is 5.95. The fourth-order valence-electron chi connectivity index (χ4n) is 0.220. The van der Waals surface area contributed by atoms with Gasteiger partial charge in [-0.25, -0.2) is 4.79 Å². The summed E-state index contributed by atoms with van der Waals surface area (Å²) in [5.74, 6) is -0.815. The molecule has 0 saturated heterocycles. The molecule has 0 bridgehead atoms. The Bertz CT molecular complexity index is 165. The SMILES string of the molecule is CCOC(N)=O.NC(CS)C(=O)O. The molecule has 7 heteroatoms. The summed E-state index contributed by atoms with van der Waals surface area (Å²) in [5.41, 5.74) is 9.48. The zero-order valence-electron chi connectivity index (χ0n) is 7.27. The van der Waals surface area contributed by atoms with Gasteiger partial charge in [0, 0.05) is 5.75 Å². The molecule has 0 aliphatic carbocycles. The number of rotatable bonds is 3. The van der Waals surface area contributed by atoms with E-state index in [0.717, 1.165) is 0 Å². The van der Waals surface area contributed by atoms with Crippen LogP contribution in [0.3, 0.4) is 0 Å². The number of carboxylic acid groups (broad SMARTS) is 1. The third-order valence-electron chi connectivity index (χ3n) is 0.800. The molecule has 0 aliphatic heterocycles. The van der Waals surface area contributed by atoms with E-state index in [1.165, 1.54) is 0 Å². The Morgan fingerprint density at radius 1 is 1.62 bits per heavy atom. The molecule has 0 fully saturated rings. The predicted molar refractivity (Wildman–Crippen MR) is 50.7 cm³/mol. The van der Waals surface area contributed by atoms with E-state index in [-0.39, 0.29) is 5.75 Å². The predicted octanol–water partition coefficient (Wildman–Crippen LogP) is -0.570. The second-order valence-electron chi connectivity index (χ2n) is 1.88. The Labute approximate surface area is 81.6 Å². The summed E-state index contributed by atoms with van der Waals surface area (Å²) < 4.78 is 4.18. The van der Waals surface area contributed by atoms with Gasteiger partial charge >= 0.3 is 12.1 Å². The number of ether oxygens (including phenoxy) is 1. The molecule has 0 heterocycles. The third-order valence-corrected chi connectivity index (χ3v) is 1.19. The highest BCUT2D eigenvalue weighted by molar-refractivity contribution is 7.80. The van der Waals surface area contributed by atoms with Crippen molar-refractivity contribution in [3.05, 3.63) is 0 Å². The molecule has 13 heavy (non-hydrogen) atoms. The largest absolute Gasteiger partial charge is 0.480 e. The maximum Gasteiger partial charge on any atom is 0.404 e. The van der Waals surface area contributed by atoms with Gasteiger partial charge in [-0.05, 0) is 6.92 Å². The van der Waals surface area contributed by atoms with Crippen molar-refractivity contribution in [2.45, 2.75) is 13.0 Å². The third kappa shape index (κ3) is 14.0. The number of carbonyl (C=O) groups excluding carboxylic acids is 1. The summed E-state index contributed by atoms with van der Waals surface area (Å²) in [6.07, 6.45) is -0.711. The lowest BCUT2D eigenvalue weighted by molar-refractivity contribution is -0.137. The molecule has 78 valence electrons. The van der Waals surface area contributed by atoms with Crippen molar-refractivity contribution in [1.82, 2.24) is 0 Å². The van der Waals surface area contributed by atoms with E-state index < -0.39 is 18.1 Å². The standard InChI is InChI=1S/C3H7NO2S.C3H7NO2/c4-2(1-7)3(5)6;1-2-6-3(4)5/h2,7H,1,4H2,(H,5,6);2H2,1H3,(H2,4,5). The number of primary amides is 1. The molecule has 0 aromatic heterocycles. The summed E-state index contributed by atoms with van der Waals surface area (Å²) in [4.78, 5) is 19.4. The molecular formula is C6H14N2O4S. The molecule has 0 saturated carbocycles. The van der Waals surface area contributed by atoms with Crippen molar-refractivity contribution in [1.29, 1.82) is 0 Å². The Kier molecular flexibility index (Phi) is 10.2. The number of hydrogen-bond acceptors (Lipinski definition) is 5. The van der Waals surface area contributed by atoms with E-state index in [4.69, 9.17) is 10.8 Å². The quantitative estimate of drug-likeness (QED) is 0.465.